The molecule has 3 saturated heterocycles. The molecule has 17 nitrogen and oxygen atoms in total. The van der Waals surface area contributed by atoms with Gasteiger partial charge in [0.05, 0.1) is 30.6 Å². The van der Waals surface area contributed by atoms with Crippen molar-refractivity contribution in [3.63, 3.8) is 0 Å². The quantitative estimate of drug-likeness (QED) is 0.166. The maximum absolute atomic E-state index is 14.3. The van der Waals surface area contributed by atoms with Crippen LogP contribution in [0.4, 0.5) is 10.5 Å². The molecule has 66 heavy (non-hydrogen) atoms. The number of ether oxygens (including phenoxy) is 5. The Morgan fingerprint density at radius 1 is 1.12 bits per heavy atom. The first-order chi connectivity index (χ1) is 31.2. The largest absolute Gasteiger partial charge is 0.495 e. The first kappa shape index (κ1) is 50.9. The number of anilines is 1. The van der Waals surface area contributed by atoms with E-state index in [-0.39, 0.29) is 60.1 Å². The van der Waals surface area contributed by atoms with Gasteiger partial charge in [-0.15, -0.1) is 11.8 Å². The van der Waals surface area contributed by atoms with Crippen molar-refractivity contribution in [3.05, 3.63) is 46.5 Å². The van der Waals surface area contributed by atoms with Gasteiger partial charge in [-0.1, -0.05) is 42.3 Å². The van der Waals surface area contributed by atoms with Gasteiger partial charge in [-0.3, -0.25) is 34.2 Å². The summed E-state index contributed by atoms with van der Waals surface area (Å²) in [5.41, 5.74) is -1.13. The molecule has 4 fully saturated rings. The van der Waals surface area contributed by atoms with Crippen LogP contribution in [0.2, 0.25) is 5.02 Å². The average Bonchev–Trinajstić information content (AvgIpc) is 3.91. The molecule has 5 amide bonds. The Bertz CT molecular complexity index is 2110. The topological polar surface area (TPSA) is 211 Å². The number of nitrogens with zero attached hydrogens (tertiary/aromatic N) is 3. The molecule has 4 aliphatic heterocycles. The van der Waals surface area contributed by atoms with Crippen molar-refractivity contribution in [2.75, 3.05) is 45.5 Å². The summed E-state index contributed by atoms with van der Waals surface area (Å²) in [4.78, 5) is 95.8. The maximum Gasteiger partial charge on any atom is 0.409 e. The van der Waals surface area contributed by atoms with E-state index >= 15 is 0 Å². The number of carbonyl (C=O) groups excluding carboxylic acids is 7. The SMILES string of the molecule is COc1cc2cc(c1Cl)N(C)C(=O)C[C@H](OC(=O)[C@H](C)N(C)C(=O)CCSC1CC(=O)N(CC3CCC([C]=O)CC3)C1=O)[C@]1(C)O[C@H]1[C@H](C)[C@@H]1C[C@@](O)(NC(=O)O1)[C@H](OC)/C=C/C=C(/C)C2. The summed E-state index contributed by atoms with van der Waals surface area (Å²) in [5, 5.41) is 13.9. The van der Waals surface area contributed by atoms with Crippen molar-refractivity contribution in [1.82, 2.24) is 15.1 Å². The van der Waals surface area contributed by atoms with Gasteiger partial charge in [-0.05, 0) is 76.5 Å². The highest BCUT2D eigenvalue weighted by Gasteiger charge is 2.64. The molecule has 19 heteroatoms. The number of likely N-dealkylation sites (tertiary alicyclic amines) is 1. The van der Waals surface area contributed by atoms with Gasteiger partial charge >= 0.3 is 12.1 Å². The zero-order chi connectivity index (χ0) is 48.2. The maximum atomic E-state index is 14.3. The lowest BCUT2D eigenvalue weighted by atomic mass is 9.82. The van der Waals surface area contributed by atoms with Crippen molar-refractivity contribution in [2.45, 2.75) is 133 Å². The summed E-state index contributed by atoms with van der Waals surface area (Å²) in [6.07, 6.45) is 5.45. The molecule has 6 rings (SSSR count). The van der Waals surface area contributed by atoms with Gasteiger partial charge in [-0.2, -0.15) is 0 Å². The molecule has 2 N–H and O–H groups in total. The third-order valence-electron chi connectivity index (χ3n) is 13.8. The van der Waals surface area contributed by atoms with Gasteiger partial charge in [0.1, 0.15) is 40.7 Å². The van der Waals surface area contributed by atoms with Crippen LogP contribution < -0.4 is 15.0 Å². The predicted molar refractivity (Wildman–Crippen MR) is 244 cm³/mol. The van der Waals surface area contributed by atoms with Crippen molar-refractivity contribution >= 4 is 71.0 Å². The van der Waals surface area contributed by atoms with Crippen LogP contribution in [0.5, 0.6) is 5.75 Å². The number of fused-ring (bicyclic) bond motifs is 5. The highest BCUT2D eigenvalue weighted by atomic mass is 35.5. The van der Waals surface area contributed by atoms with Gasteiger partial charge in [0.25, 0.3) is 0 Å². The number of likely N-dealkylation sites (N-methyl/N-ethyl adjacent to an activating group) is 1. The molecule has 5 aliphatic rings. The Morgan fingerprint density at radius 3 is 2.50 bits per heavy atom. The molecule has 1 aliphatic carbocycles. The molecule has 1 radical (unpaired) electrons. The molecule has 4 bridgehead atoms. The third-order valence-corrected chi connectivity index (χ3v) is 15.4. The van der Waals surface area contributed by atoms with Crippen LogP contribution in [0.15, 0.2) is 35.9 Å². The smallest absolute Gasteiger partial charge is 0.409 e. The van der Waals surface area contributed by atoms with E-state index in [4.69, 9.17) is 35.3 Å². The standard InChI is InChI=1S/C47H62ClN4O13S/c1-26-10-9-11-36(62-8)47(60)23-34(63-45(59)49-47)27(2)42-46(4,65-42)37(22-39(55)51(6)32-19-31(18-26)20-33(61-7)41(32)48)64-44(58)28(3)50(5)38(54)16-17-66-35-21-40(56)52(43(35)57)24-29-12-14-30(25-53)15-13-29/h9-11,19-20,27-30,34-37,42,60H,12-18,21-24H2,1-8H3,(H,49,59)/b11-9+,26-10-/t27-,28+,29?,30?,34+,35?,36-,37+,42+,46+,47+/m1/s1. The van der Waals surface area contributed by atoms with Crippen LogP contribution >= 0.6 is 23.4 Å². The Kier molecular flexibility index (Phi) is 16.4. The number of esters is 1. The minimum absolute atomic E-state index is 0.0320. The zero-order valence-electron chi connectivity index (χ0n) is 38.8. The number of aliphatic hydroxyl groups is 1. The fourth-order valence-electron chi connectivity index (χ4n) is 9.38. The Morgan fingerprint density at radius 2 is 1.83 bits per heavy atom. The number of benzene rings is 1. The molecule has 361 valence electrons. The summed E-state index contributed by atoms with van der Waals surface area (Å²) in [6, 6.07) is 2.43. The number of imide groups is 1. The van der Waals surface area contributed by atoms with Gasteiger partial charge < -0.3 is 38.6 Å². The van der Waals surface area contributed by atoms with Crippen molar-refractivity contribution in [1.29, 1.82) is 0 Å². The summed E-state index contributed by atoms with van der Waals surface area (Å²) in [5.74, 6) is -2.20. The van der Waals surface area contributed by atoms with Crippen LogP contribution in [-0.2, 0) is 54.1 Å². The Hall–Kier alpha value is -4.49. The molecular formula is C47H62ClN4O13S. The van der Waals surface area contributed by atoms with Gasteiger partial charge in [0.15, 0.2) is 5.72 Å². The number of epoxide rings is 1. The molecule has 1 unspecified atom stereocenters. The summed E-state index contributed by atoms with van der Waals surface area (Å²) in [7, 11) is 5.90. The predicted octanol–water partition coefficient (Wildman–Crippen LogP) is 4.68. The highest BCUT2D eigenvalue weighted by molar-refractivity contribution is 8.00. The number of allylic oxidation sites excluding steroid dienone is 3. The molecule has 0 spiro atoms. The number of carbonyl (C=O) groups is 6. The average molecular weight is 959 g/mol. The number of hydrogen-bond donors (Lipinski definition) is 2. The molecule has 1 aromatic carbocycles. The van der Waals surface area contributed by atoms with E-state index in [1.807, 2.05) is 13.0 Å². The van der Waals surface area contributed by atoms with E-state index in [1.54, 1.807) is 45.2 Å². The number of nitrogens with one attached hydrogen (secondary N) is 1. The number of thioether (sulfide) groups is 1. The highest BCUT2D eigenvalue weighted by Crippen LogP contribution is 2.49. The second kappa shape index (κ2) is 21.2. The first-order valence-electron chi connectivity index (χ1n) is 22.4. The zero-order valence-corrected chi connectivity index (χ0v) is 40.4. The van der Waals surface area contributed by atoms with Crippen molar-refractivity contribution in [3.8, 4) is 5.75 Å². The van der Waals surface area contributed by atoms with Crippen LogP contribution in [0, 0.1) is 17.8 Å². The summed E-state index contributed by atoms with van der Waals surface area (Å²) in [6.45, 7) is 7.19. The number of alkyl carbamates (subject to hydrolysis) is 1. The fraction of sp³-hybridized carbons (Fsp3) is 0.638. The van der Waals surface area contributed by atoms with E-state index in [2.05, 4.69) is 11.6 Å². The van der Waals surface area contributed by atoms with Crippen LogP contribution in [0.1, 0.15) is 84.6 Å². The summed E-state index contributed by atoms with van der Waals surface area (Å²) >= 11 is 8.02. The normalized spacial score (nSPS) is 33.4. The van der Waals surface area contributed by atoms with E-state index in [9.17, 15) is 38.7 Å². The number of halogens is 1. The second-order valence-corrected chi connectivity index (χ2v) is 20.1. The lowest BCUT2D eigenvalue weighted by Gasteiger charge is -2.42. The monoisotopic (exact) mass is 957 g/mol. The van der Waals surface area contributed by atoms with Gasteiger partial charge in [0, 0.05) is 64.6 Å². The first-order valence-corrected chi connectivity index (χ1v) is 23.8. The molecule has 9 atom stereocenters. The minimum Gasteiger partial charge on any atom is -0.495 e. The summed E-state index contributed by atoms with van der Waals surface area (Å²) < 4.78 is 29.4. The Balaban J connectivity index is 1.17. The molecule has 4 heterocycles. The molecule has 0 aromatic heterocycles. The van der Waals surface area contributed by atoms with Crippen LogP contribution in [0.3, 0.4) is 0 Å². The van der Waals surface area contributed by atoms with E-state index in [1.165, 1.54) is 54.7 Å². The Labute approximate surface area is 395 Å². The lowest BCUT2D eigenvalue weighted by molar-refractivity contribution is -0.162. The van der Waals surface area contributed by atoms with Crippen LogP contribution in [0.25, 0.3) is 0 Å². The third kappa shape index (κ3) is 11.3. The molecule has 1 aromatic rings. The van der Waals surface area contributed by atoms with E-state index in [0.717, 1.165) is 24.0 Å². The second-order valence-electron chi connectivity index (χ2n) is 18.4. The molecule has 1 saturated carbocycles. The number of hydrogen-bond acceptors (Lipinski definition) is 14. The van der Waals surface area contributed by atoms with Crippen LogP contribution in [-0.4, -0.2) is 145 Å². The fourth-order valence-corrected chi connectivity index (χ4v) is 10.8. The van der Waals surface area contributed by atoms with E-state index in [0.29, 0.717) is 37.2 Å². The number of rotatable bonds is 12. The van der Waals surface area contributed by atoms with Crippen molar-refractivity contribution in [2.24, 2.45) is 17.8 Å². The number of amides is 5. The van der Waals surface area contributed by atoms with Crippen molar-refractivity contribution < 1.29 is 62.4 Å². The minimum atomic E-state index is -1.87. The molecular weight excluding hydrogens is 896 g/mol. The van der Waals surface area contributed by atoms with Gasteiger partial charge in [0.2, 0.25) is 29.9 Å². The number of methoxy groups -OCH3 is 2. The van der Waals surface area contributed by atoms with E-state index < -0.39 is 76.8 Å². The van der Waals surface area contributed by atoms with Gasteiger partial charge in [-0.25, -0.2) is 9.59 Å². The lowest BCUT2D eigenvalue weighted by Crippen LogP contribution is -2.63.